The zero-order valence-corrected chi connectivity index (χ0v) is 12.6. The Kier molecular flexibility index (Phi) is 4.57. The largest absolute Gasteiger partial charge is 0.348 e. The van der Waals surface area contributed by atoms with Crippen LogP contribution in [0.25, 0.3) is 0 Å². The maximum absolute atomic E-state index is 12.0. The van der Waals surface area contributed by atoms with E-state index in [-0.39, 0.29) is 11.9 Å². The molecule has 1 N–H and O–H groups in total. The third-order valence-electron chi connectivity index (χ3n) is 3.74. The second-order valence-electron chi connectivity index (χ2n) is 5.25. The first-order valence-electron chi connectivity index (χ1n) is 7.11. The first-order valence-corrected chi connectivity index (χ1v) is 8.06. The zero-order chi connectivity index (χ0) is 14.5. The van der Waals surface area contributed by atoms with Gasteiger partial charge in [-0.05, 0) is 30.5 Å². The monoisotopic (exact) mass is 302 g/mol. The molecule has 0 aromatic carbocycles. The molecule has 1 aliphatic heterocycles. The number of aromatic nitrogens is 2. The van der Waals surface area contributed by atoms with Crippen LogP contribution in [0.4, 0.5) is 0 Å². The maximum Gasteiger partial charge on any atom is 0.270 e. The molecule has 2 aromatic rings. The topological polar surface area (TPSA) is 58.1 Å². The summed E-state index contributed by atoms with van der Waals surface area (Å²) in [6.07, 6.45) is 5.63. The van der Waals surface area contributed by atoms with Gasteiger partial charge in [-0.2, -0.15) is 0 Å². The highest BCUT2D eigenvalue weighted by atomic mass is 32.1. The Morgan fingerprint density at radius 3 is 2.76 bits per heavy atom. The Morgan fingerprint density at radius 2 is 2.10 bits per heavy atom. The average molecular weight is 302 g/mol. The van der Waals surface area contributed by atoms with Crippen LogP contribution in [0.5, 0.6) is 0 Å². The summed E-state index contributed by atoms with van der Waals surface area (Å²) in [5, 5.41) is 4.86. The van der Waals surface area contributed by atoms with E-state index >= 15 is 0 Å². The predicted molar refractivity (Wildman–Crippen MR) is 82.1 cm³/mol. The molecule has 2 aromatic heterocycles. The summed E-state index contributed by atoms with van der Waals surface area (Å²) in [6, 6.07) is 4.36. The minimum absolute atomic E-state index is 0.0520. The van der Waals surface area contributed by atoms with E-state index in [9.17, 15) is 4.79 Å². The highest BCUT2D eigenvalue weighted by Gasteiger charge is 2.21. The van der Waals surface area contributed by atoms with Gasteiger partial charge in [-0.3, -0.25) is 14.7 Å². The number of carbonyl (C=O) groups excluding carboxylic acids is 1. The summed E-state index contributed by atoms with van der Waals surface area (Å²) >= 11 is 1.45. The summed E-state index contributed by atoms with van der Waals surface area (Å²) in [5.41, 5.74) is 3.50. The number of hydrogen-bond donors (Lipinski definition) is 1. The Labute approximate surface area is 128 Å². The average Bonchev–Trinajstić information content (AvgIpc) is 3.05. The third-order valence-corrected chi connectivity index (χ3v) is 4.33. The molecule has 0 aliphatic carbocycles. The Bertz CT molecular complexity index is 565. The molecule has 0 radical (unpaired) electrons. The quantitative estimate of drug-likeness (QED) is 0.937. The lowest BCUT2D eigenvalue weighted by Crippen LogP contribution is -2.44. The molecule has 1 saturated heterocycles. The van der Waals surface area contributed by atoms with Crippen LogP contribution in [0.15, 0.2) is 35.4 Å². The number of rotatable bonds is 4. The van der Waals surface area contributed by atoms with Crippen molar-refractivity contribution in [3.05, 3.63) is 46.7 Å². The van der Waals surface area contributed by atoms with E-state index in [0.717, 1.165) is 32.5 Å². The summed E-state index contributed by atoms with van der Waals surface area (Å²) in [5.74, 6) is -0.0520. The van der Waals surface area contributed by atoms with Crippen LogP contribution < -0.4 is 5.32 Å². The van der Waals surface area contributed by atoms with Gasteiger partial charge in [0.25, 0.3) is 5.91 Å². The van der Waals surface area contributed by atoms with Crippen molar-refractivity contribution in [2.45, 2.75) is 25.4 Å². The van der Waals surface area contributed by atoms with Crippen LogP contribution in [0, 0.1) is 0 Å². The van der Waals surface area contributed by atoms with Gasteiger partial charge in [0, 0.05) is 43.4 Å². The van der Waals surface area contributed by atoms with E-state index in [4.69, 9.17) is 0 Å². The number of nitrogens with one attached hydrogen (secondary N) is 1. The number of piperidine rings is 1. The van der Waals surface area contributed by atoms with Crippen LogP contribution in [0.1, 0.15) is 28.9 Å². The third kappa shape index (κ3) is 3.86. The van der Waals surface area contributed by atoms with Crippen LogP contribution in [-0.2, 0) is 6.54 Å². The van der Waals surface area contributed by atoms with Gasteiger partial charge < -0.3 is 5.32 Å². The lowest BCUT2D eigenvalue weighted by atomic mass is 10.0. The number of likely N-dealkylation sites (tertiary alicyclic amines) is 1. The molecule has 0 unspecified atom stereocenters. The van der Waals surface area contributed by atoms with Gasteiger partial charge in [0.05, 0.1) is 5.51 Å². The van der Waals surface area contributed by atoms with Crippen molar-refractivity contribution in [1.82, 2.24) is 20.2 Å². The second-order valence-corrected chi connectivity index (χ2v) is 5.97. The normalized spacial score (nSPS) is 16.8. The van der Waals surface area contributed by atoms with Crippen molar-refractivity contribution in [2.24, 2.45) is 0 Å². The molecule has 5 nitrogen and oxygen atoms in total. The first-order chi connectivity index (χ1) is 10.3. The van der Waals surface area contributed by atoms with Crippen LogP contribution in [-0.4, -0.2) is 39.9 Å². The van der Waals surface area contributed by atoms with Crippen LogP contribution in [0.2, 0.25) is 0 Å². The van der Waals surface area contributed by atoms with E-state index in [0.29, 0.717) is 5.69 Å². The van der Waals surface area contributed by atoms with E-state index < -0.39 is 0 Å². The Morgan fingerprint density at radius 1 is 1.33 bits per heavy atom. The minimum atomic E-state index is -0.0520. The Balaban J connectivity index is 1.46. The molecule has 0 spiro atoms. The van der Waals surface area contributed by atoms with E-state index in [2.05, 4.69) is 32.3 Å². The van der Waals surface area contributed by atoms with Crippen molar-refractivity contribution in [1.29, 1.82) is 0 Å². The van der Waals surface area contributed by atoms with Crippen molar-refractivity contribution >= 4 is 17.2 Å². The van der Waals surface area contributed by atoms with E-state index in [1.54, 1.807) is 10.9 Å². The summed E-state index contributed by atoms with van der Waals surface area (Å²) in [4.78, 5) is 22.5. The van der Waals surface area contributed by atoms with Crippen molar-refractivity contribution in [3.8, 4) is 0 Å². The molecule has 0 saturated carbocycles. The molecule has 3 rings (SSSR count). The molecule has 3 heterocycles. The molecular weight excluding hydrogens is 284 g/mol. The number of hydrogen-bond acceptors (Lipinski definition) is 5. The van der Waals surface area contributed by atoms with Gasteiger partial charge in [-0.1, -0.05) is 0 Å². The summed E-state index contributed by atoms with van der Waals surface area (Å²) < 4.78 is 0. The Hall–Kier alpha value is -1.79. The summed E-state index contributed by atoms with van der Waals surface area (Å²) in [6.45, 7) is 2.96. The van der Waals surface area contributed by atoms with Gasteiger partial charge in [0.1, 0.15) is 5.69 Å². The SMILES string of the molecule is O=C(NC1CCN(Cc2ccncc2)CC1)c1cscn1. The lowest BCUT2D eigenvalue weighted by molar-refractivity contribution is 0.0904. The van der Waals surface area contributed by atoms with Gasteiger partial charge in [0.2, 0.25) is 0 Å². The molecule has 110 valence electrons. The summed E-state index contributed by atoms with van der Waals surface area (Å²) in [7, 11) is 0. The fourth-order valence-corrected chi connectivity index (χ4v) is 3.10. The minimum Gasteiger partial charge on any atom is -0.348 e. The van der Waals surface area contributed by atoms with Crippen molar-refractivity contribution in [2.75, 3.05) is 13.1 Å². The number of nitrogens with zero attached hydrogens (tertiary/aromatic N) is 3. The molecular formula is C15H18N4OS. The first kappa shape index (κ1) is 14.2. The molecule has 0 atom stereocenters. The second kappa shape index (κ2) is 6.78. The predicted octanol–water partition coefficient (Wildman–Crippen LogP) is 1.93. The molecule has 21 heavy (non-hydrogen) atoms. The molecule has 0 bridgehead atoms. The molecule has 1 fully saturated rings. The van der Waals surface area contributed by atoms with E-state index in [1.165, 1.54) is 16.9 Å². The fourth-order valence-electron chi connectivity index (χ4n) is 2.57. The number of thiazole rings is 1. The molecule has 1 aliphatic rings. The van der Waals surface area contributed by atoms with Crippen molar-refractivity contribution < 1.29 is 4.79 Å². The molecule has 1 amide bonds. The molecule has 6 heteroatoms. The smallest absolute Gasteiger partial charge is 0.270 e. The van der Waals surface area contributed by atoms with Crippen molar-refractivity contribution in [3.63, 3.8) is 0 Å². The lowest BCUT2D eigenvalue weighted by Gasteiger charge is -2.32. The van der Waals surface area contributed by atoms with Crippen LogP contribution in [0.3, 0.4) is 0 Å². The van der Waals surface area contributed by atoms with E-state index in [1.807, 2.05) is 12.4 Å². The number of amides is 1. The van der Waals surface area contributed by atoms with Gasteiger partial charge in [-0.15, -0.1) is 11.3 Å². The highest BCUT2D eigenvalue weighted by molar-refractivity contribution is 7.07. The van der Waals surface area contributed by atoms with Crippen LogP contribution >= 0.6 is 11.3 Å². The van der Waals surface area contributed by atoms with Gasteiger partial charge in [0.15, 0.2) is 0 Å². The fraction of sp³-hybridized carbons (Fsp3) is 0.400. The zero-order valence-electron chi connectivity index (χ0n) is 11.7. The maximum atomic E-state index is 12.0. The standard InChI is InChI=1S/C15H18N4OS/c20-15(14-10-21-11-17-14)18-13-3-7-19(8-4-13)9-12-1-5-16-6-2-12/h1-2,5-6,10-11,13H,3-4,7-9H2,(H,18,20). The van der Waals surface area contributed by atoms with Gasteiger partial charge >= 0.3 is 0 Å². The highest BCUT2D eigenvalue weighted by Crippen LogP contribution is 2.14. The number of pyridine rings is 1. The van der Waals surface area contributed by atoms with Gasteiger partial charge in [-0.25, -0.2) is 4.98 Å². The number of carbonyl (C=O) groups is 1.